The number of halogens is 1. The summed E-state index contributed by atoms with van der Waals surface area (Å²) >= 11 is 0. The van der Waals surface area contributed by atoms with Crippen LogP contribution in [0.25, 0.3) is 11.5 Å². The summed E-state index contributed by atoms with van der Waals surface area (Å²) in [7, 11) is 1.88. The van der Waals surface area contributed by atoms with E-state index in [0.29, 0.717) is 18.1 Å². The average molecular weight is 310 g/mol. The van der Waals surface area contributed by atoms with Crippen molar-refractivity contribution in [2.45, 2.75) is 13.3 Å². The summed E-state index contributed by atoms with van der Waals surface area (Å²) in [6.45, 7) is 3.25. The standard InChI is InChI=1S/C15H19N3O2.ClH/c1-11-13(14(19)17-10-6-9-16-2)20-15(18-11)12-7-4-3-5-8-12;/h3-5,7-8,16H,6,9-10H2,1-2H3,(H,17,19);1H. The lowest BCUT2D eigenvalue weighted by molar-refractivity contribution is 0.0925. The van der Waals surface area contributed by atoms with Crippen molar-refractivity contribution in [2.75, 3.05) is 20.1 Å². The van der Waals surface area contributed by atoms with Crippen LogP contribution in [0.5, 0.6) is 0 Å². The van der Waals surface area contributed by atoms with Gasteiger partial charge in [0.2, 0.25) is 11.7 Å². The minimum absolute atomic E-state index is 0. The number of hydrogen-bond donors (Lipinski definition) is 2. The number of amides is 1. The van der Waals surface area contributed by atoms with E-state index >= 15 is 0 Å². The first-order valence-electron chi connectivity index (χ1n) is 6.68. The molecule has 1 aromatic heterocycles. The van der Waals surface area contributed by atoms with Crippen molar-refractivity contribution in [2.24, 2.45) is 0 Å². The summed E-state index contributed by atoms with van der Waals surface area (Å²) in [5, 5.41) is 5.86. The predicted octanol–water partition coefficient (Wildman–Crippen LogP) is 2.41. The molecule has 0 aliphatic carbocycles. The van der Waals surface area contributed by atoms with Crippen molar-refractivity contribution >= 4 is 18.3 Å². The van der Waals surface area contributed by atoms with Crippen LogP contribution in [0, 0.1) is 6.92 Å². The van der Waals surface area contributed by atoms with Crippen LogP contribution >= 0.6 is 12.4 Å². The van der Waals surface area contributed by atoms with Gasteiger partial charge in [-0.2, -0.15) is 0 Å². The molecule has 0 atom stereocenters. The van der Waals surface area contributed by atoms with Crippen molar-refractivity contribution in [1.29, 1.82) is 0 Å². The molecule has 2 rings (SSSR count). The fourth-order valence-electron chi connectivity index (χ4n) is 1.86. The molecular weight excluding hydrogens is 290 g/mol. The highest BCUT2D eigenvalue weighted by Crippen LogP contribution is 2.21. The Bertz CT molecular complexity index is 570. The van der Waals surface area contributed by atoms with Crippen LogP contribution in [0.1, 0.15) is 22.7 Å². The Kier molecular flexibility index (Phi) is 6.91. The van der Waals surface area contributed by atoms with E-state index in [0.717, 1.165) is 18.5 Å². The van der Waals surface area contributed by atoms with Crippen molar-refractivity contribution < 1.29 is 9.21 Å². The van der Waals surface area contributed by atoms with E-state index in [1.54, 1.807) is 6.92 Å². The van der Waals surface area contributed by atoms with E-state index in [2.05, 4.69) is 15.6 Å². The third-order valence-corrected chi connectivity index (χ3v) is 2.91. The first-order valence-corrected chi connectivity index (χ1v) is 6.68. The lowest BCUT2D eigenvalue weighted by Crippen LogP contribution is -2.26. The summed E-state index contributed by atoms with van der Waals surface area (Å²) in [6.07, 6.45) is 0.876. The van der Waals surface area contributed by atoms with Gasteiger partial charge in [-0.15, -0.1) is 12.4 Å². The fraction of sp³-hybridized carbons (Fsp3) is 0.333. The van der Waals surface area contributed by atoms with E-state index in [1.807, 2.05) is 37.4 Å². The van der Waals surface area contributed by atoms with Gasteiger partial charge in [0.1, 0.15) is 0 Å². The van der Waals surface area contributed by atoms with Gasteiger partial charge >= 0.3 is 0 Å². The van der Waals surface area contributed by atoms with Gasteiger partial charge in [0.05, 0.1) is 5.69 Å². The van der Waals surface area contributed by atoms with Gasteiger partial charge < -0.3 is 15.1 Å². The summed E-state index contributed by atoms with van der Waals surface area (Å²) < 4.78 is 5.58. The number of nitrogens with one attached hydrogen (secondary N) is 2. The molecule has 2 N–H and O–H groups in total. The molecule has 0 saturated heterocycles. The third-order valence-electron chi connectivity index (χ3n) is 2.91. The highest BCUT2D eigenvalue weighted by Gasteiger charge is 2.17. The van der Waals surface area contributed by atoms with Crippen LogP contribution in [-0.4, -0.2) is 31.0 Å². The zero-order valence-corrected chi connectivity index (χ0v) is 13.0. The molecule has 0 unspecified atom stereocenters. The molecule has 0 aliphatic heterocycles. The molecule has 21 heavy (non-hydrogen) atoms. The number of carbonyl (C=O) groups excluding carboxylic acids is 1. The van der Waals surface area contributed by atoms with Crippen molar-refractivity contribution in [3.63, 3.8) is 0 Å². The molecule has 0 saturated carbocycles. The van der Waals surface area contributed by atoms with Crippen LogP contribution in [-0.2, 0) is 0 Å². The molecule has 1 heterocycles. The predicted molar refractivity (Wildman–Crippen MR) is 84.8 cm³/mol. The summed E-state index contributed by atoms with van der Waals surface area (Å²) in [5.74, 6) is 0.546. The number of carbonyl (C=O) groups is 1. The Labute approximate surface area is 130 Å². The highest BCUT2D eigenvalue weighted by molar-refractivity contribution is 5.92. The van der Waals surface area contributed by atoms with Crippen LogP contribution < -0.4 is 10.6 Å². The van der Waals surface area contributed by atoms with Crippen LogP contribution in [0.3, 0.4) is 0 Å². The van der Waals surface area contributed by atoms with Crippen molar-refractivity contribution in [1.82, 2.24) is 15.6 Å². The molecule has 0 fully saturated rings. The molecule has 0 bridgehead atoms. The number of rotatable bonds is 6. The average Bonchev–Trinajstić information content (AvgIpc) is 2.86. The molecular formula is C15H20ClN3O2. The molecule has 5 nitrogen and oxygen atoms in total. The Balaban J connectivity index is 0.00000220. The smallest absolute Gasteiger partial charge is 0.289 e. The topological polar surface area (TPSA) is 67.2 Å². The van der Waals surface area contributed by atoms with E-state index in [9.17, 15) is 4.79 Å². The lowest BCUT2D eigenvalue weighted by atomic mass is 10.2. The summed E-state index contributed by atoms with van der Waals surface area (Å²) in [4.78, 5) is 16.3. The third kappa shape index (κ3) is 4.58. The maximum Gasteiger partial charge on any atom is 0.289 e. The minimum atomic E-state index is -0.215. The largest absolute Gasteiger partial charge is 0.431 e. The van der Waals surface area contributed by atoms with E-state index in [4.69, 9.17) is 4.42 Å². The summed E-state index contributed by atoms with van der Waals surface area (Å²) in [6, 6.07) is 9.55. The molecule has 1 aromatic carbocycles. The molecule has 6 heteroatoms. The minimum Gasteiger partial charge on any atom is -0.431 e. The van der Waals surface area contributed by atoms with Gasteiger partial charge in [-0.05, 0) is 39.1 Å². The molecule has 1 amide bonds. The first kappa shape index (κ1) is 17.2. The number of aromatic nitrogens is 1. The van der Waals surface area contributed by atoms with Crippen LogP contribution in [0.15, 0.2) is 34.7 Å². The SMILES string of the molecule is CNCCCNC(=O)c1oc(-c2ccccc2)nc1C.Cl. The number of aryl methyl sites for hydroxylation is 1. The first-order chi connectivity index (χ1) is 9.72. The second-order valence-electron chi connectivity index (χ2n) is 4.51. The van der Waals surface area contributed by atoms with Crippen molar-refractivity contribution in [3.05, 3.63) is 41.8 Å². The molecule has 0 spiro atoms. The van der Waals surface area contributed by atoms with Gasteiger partial charge in [0, 0.05) is 12.1 Å². The number of benzene rings is 1. The Morgan fingerprint density at radius 2 is 1.95 bits per heavy atom. The van der Waals surface area contributed by atoms with Gasteiger partial charge in [-0.1, -0.05) is 18.2 Å². The van der Waals surface area contributed by atoms with Gasteiger partial charge in [-0.25, -0.2) is 4.98 Å². The number of hydrogen-bond acceptors (Lipinski definition) is 4. The second kappa shape index (κ2) is 8.44. The molecule has 0 radical (unpaired) electrons. The van der Waals surface area contributed by atoms with Crippen LogP contribution in [0.4, 0.5) is 0 Å². The van der Waals surface area contributed by atoms with Gasteiger partial charge in [-0.3, -0.25) is 4.79 Å². The zero-order chi connectivity index (χ0) is 14.4. The highest BCUT2D eigenvalue weighted by atomic mass is 35.5. The van der Waals surface area contributed by atoms with Gasteiger partial charge in [0.25, 0.3) is 5.91 Å². The monoisotopic (exact) mass is 309 g/mol. The van der Waals surface area contributed by atoms with Crippen LogP contribution in [0.2, 0.25) is 0 Å². The Hall–Kier alpha value is -1.85. The van der Waals surface area contributed by atoms with E-state index < -0.39 is 0 Å². The normalized spacial score (nSPS) is 10.0. The van der Waals surface area contributed by atoms with E-state index in [-0.39, 0.29) is 24.1 Å². The van der Waals surface area contributed by atoms with Gasteiger partial charge in [0.15, 0.2) is 0 Å². The molecule has 0 aliphatic rings. The number of oxazole rings is 1. The quantitative estimate of drug-likeness (QED) is 0.804. The fourth-order valence-corrected chi connectivity index (χ4v) is 1.86. The molecule has 2 aromatic rings. The number of nitrogens with zero attached hydrogens (tertiary/aromatic N) is 1. The Morgan fingerprint density at radius 1 is 1.24 bits per heavy atom. The lowest BCUT2D eigenvalue weighted by Gasteiger charge is -2.02. The Morgan fingerprint density at radius 3 is 2.62 bits per heavy atom. The summed E-state index contributed by atoms with van der Waals surface area (Å²) in [5.41, 5.74) is 1.47. The maximum absolute atomic E-state index is 12.0. The van der Waals surface area contributed by atoms with Crippen molar-refractivity contribution in [3.8, 4) is 11.5 Å². The maximum atomic E-state index is 12.0. The second-order valence-corrected chi connectivity index (χ2v) is 4.51. The molecule has 114 valence electrons. The zero-order valence-electron chi connectivity index (χ0n) is 12.2. The van der Waals surface area contributed by atoms with E-state index in [1.165, 1.54) is 0 Å².